The Morgan fingerprint density at radius 3 is 2.71 bits per heavy atom. The summed E-state index contributed by atoms with van der Waals surface area (Å²) in [6, 6.07) is 10.8. The van der Waals surface area contributed by atoms with Crippen molar-refractivity contribution in [3.63, 3.8) is 0 Å². The maximum Gasteiger partial charge on any atom is -0.00270 e. The van der Waals surface area contributed by atoms with Crippen molar-refractivity contribution in [2.75, 3.05) is 11.5 Å². The molecule has 0 aliphatic heterocycles. The van der Waals surface area contributed by atoms with Crippen LogP contribution in [0.1, 0.15) is 31.7 Å². The van der Waals surface area contributed by atoms with Crippen molar-refractivity contribution < 1.29 is 0 Å². The van der Waals surface area contributed by atoms with Crippen molar-refractivity contribution in [1.29, 1.82) is 0 Å². The summed E-state index contributed by atoms with van der Waals surface area (Å²) in [5.41, 5.74) is 1.96. The van der Waals surface area contributed by atoms with E-state index in [4.69, 9.17) is 0 Å². The maximum absolute atomic E-state index is 2.42. The van der Waals surface area contributed by atoms with Gasteiger partial charge in [0.25, 0.3) is 0 Å². The van der Waals surface area contributed by atoms with Gasteiger partial charge in [0, 0.05) is 0 Å². The average Bonchev–Trinajstić information content (AvgIpc) is 2.77. The van der Waals surface area contributed by atoms with Gasteiger partial charge in [-0.25, -0.2) is 0 Å². The summed E-state index contributed by atoms with van der Waals surface area (Å²) in [5, 5.41) is 0. The third kappa shape index (κ3) is 4.23. The van der Waals surface area contributed by atoms with Crippen LogP contribution < -0.4 is 0 Å². The van der Waals surface area contributed by atoms with Crippen molar-refractivity contribution in [2.24, 2.45) is 5.41 Å². The fourth-order valence-electron chi connectivity index (χ4n) is 2.31. The van der Waals surface area contributed by atoms with Crippen molar-refractivity contribution in [3.05, 3.63) is 48.0 Å². The molecular weight excluding hydrogens is 224 g/mol. The molecule has 0 fully saturated rings. The molecule has 1 heteroatoms. The number of allylic oxidation sites excluding steroid dienone is 2. The second-order valence-corrected chi connectivity index (χ2v) is 6.42. The Morgan fingerprint density at radius 2 is 2.00 bits per heavy atom. The second kappa shape index (κ2) is 6.30. The molecule has 0 heterocycles. The Morgan fingerprint density at radius 1 is 1.18 bits per heavy atom. The van der Waals surface area contributed by atoms with Gasteiger partial charge in [0.2, 0.25) is 0 Å². The number of rotatable bonds is 6. The number of hydrogen-bond donors (Lipinski definition) is 0. The van der Waals surface area contributed by atoms with Gasteiger partial charge in [-0.05, 0) is 48.2 Å². The Balaban J connectivity index is 1.59. The van der Waals surface area contributed by atoms with E-state index >= 15 is 0 Å². The molecule has 1 aliphatic carbocycles. The van der Waals surface area contributed by atoms with Crippen LogP contribution in [0, 0.1) is 5.41 Å². The fraction of sp³-hybridized carbons (Fsp3) is 0.500. The minimum Gasteiger partial charge on any atom is -0.162 e. The van der Waals surface area contributed by atoms with Gasteiger partial charge in [-0.15, -0.1) is 0 Å². The van der Waals surface area contributed by atoms with Crippen LogP contribution in [-0.2, 0) is 6.42 Å². The lowest BCUT2D eigenvalue weighted by Gasteiger charge is -2.21. The molecule has 0 spiro atoms. The van der Waals surface area contributed by atoms with Gasteiger partial charge in [0.15, 0.2) is 0 Å². The molecule has 1 atom stereocenters. The second-order valence-electron chi connectivity index (χ2n) is 5.19. The molecule has 17 heavy (non-hydrogen) atoms. The third-order valence-corrected chi connectivity index (χ3v) is 4.58. The van der Waals surface area contributed by atoms with E-state index < -0.39 is 0 Å². The molecule has 92 valence electrons. The van der Waals surface area contributed by atoms with E-state index in [9.17, 15) is 0 Å². The first-order valence-electron chi connectivity index (χ1n) is 6.58. The predicted octanol–water partition coefficient (Wildman–Crippen LogP) is 4.71. The summed E-state index contributed by atoms with van der Waals surface area (Å²) in [7, 11) is 0. The standard InChI is InChI=1S/C16H22S/c1-16(10-5-6-11-16)12-14-17-13-9-15-7-3-2-4-8-15/h2-5,7-8,10H,6,9,11-14H2,1H3/t16-/m0/s1. The van der Waals surface area contributed by atoms with E-state index in [1.807, 2.05) is 0 Å². The van der Waals surface area contributed by atoms with Crippen LogP contribution in [0.5, 0.6) is 0 Å². The number of hydrogen-bond acceptors (Lipinski definition) is 1. The lowest BCUT2D eigenvalue weighted by molar-refractivity contribution is 0.407. The molecule has 0 aromatic heterocycles. The zero-order chi connectivity index (χ0) is 12.0. The number of benzene rings is 1. The van der Waals surface area contributed by atoms with E-state index in [1.165, 1.54) is 42.8 Å². The summed E-state index contributed by atoms with van der Waals surface area (Å²) in [6.07, 6.45) is 9.94. The first kappa shape index (κ1) is 12.8. The monoisotopic (exact) mass is 246 g/mol. The Labute approximate surface area is 110 Å². The van der Waals surface area contributed by atoms with Gasteiger partial charge < -0.3 is 0 Å². The van der Waals surface area contributed by atoms with Gasteiger partial charge in [0.05, 0.1) is 0 Å². The predicted molar refractivity (Wildman–Crippen MR) is 78.6 cm³/mol. The highest BCUT2D eigenvalue weighted by molar-refractivity contribution is 7.99. The van der Waals surface area contributed by atoms with E-state index in [-0.39, 0.29) is 0 Å². The first-order chi connectivity index (χ1) is 8.29. The largest absolute Gasteiger partial charge is 0.162 e. The molecule has 0 nitrogen and oxygen atoms in total. The molecular formula is C16H22S. The molecule has 0 saturated carbocycles. The van der Waals surface area contributed by atoms with Crippen molar-refractivity contribution >= 4 is 11.8 Å². The van der Waals surface area contributed by atoms with Gasteiger partial charge in [-0.1, -0.05) is 49.4 Å². The summed E-state index contributed by atoms with van der Waals surface area (Å²) in [6.45, 7) is 2.40. The quantitative estimate of drug-likeness (QED) is 0.517. The normalized spacial score (nSPS) is 23.1. The van der Waals surface area contributed by atoms with E-state index in [0.717, 1.165) is 0 Å². The molecule has 1 aromatic carbocycles. The molecule has 1 aromatic rings. The van der Waals surface area contributed by atoms with Crippen LogP contribution in [0.3, 0.4) is 0 Å². The summed E-state index contributed by atoms with van der Waals surface area (Å²) in [4.78, 5) is 0. The summed E-state index contributed by atoms with van der Waals surface area (Å²) < 4.78 is 0. The lowest BCUT2D eigenvalue weighted by Crippen LogP contribution is -2.10. The van der Waals surface area contributed by atoms with Gasteiger partial charge in [-0.3, -0.25) is 0 Å². The molecule has 0 radical (unpaired) electrons. The van der Waals surface area contributed by atoms with Crippen molar-refractivity contribution in [1.82, 2.24) is 0 Å². The van der Waals surface area contributed by atoms with Gasteiger partial charge >= 0.3 is 0 Å². The Kier molecular flexibility index (Phi) is 4.73. The molecule has 0 unspecified atom stereocenters. The zero-order valence-corrected chi connectivity index (χ0v) is 11.5. The minimum absolute atomic E-state index is 0.500. The number of thioether (sulfide) groups is 1. The topological polar surface area (TPSA) is 0 Å². The van der Waals surface area contributed by atoms with E-state index in [0.29, 0.717) is 5.41 Å². The highest BCUT2D eigenvalue weighted by atomic mass is 32.2. The minimum atomic E-state index is 0.500. The summed E-state index contributed by atoms with van der Waals surface area (Å²) in [5.74, 6) is 2.55. The smallest absolute Gasteiger partial charge is 0.00270 e. The van der Waals surface area contributed by atoms with Crippen LogP contribution in [0.25, 0.3) is 0 Å². The van der Waals surface area contributed by atoms with Crippen LogP contribution in [0.2, 0.25) is 0 Å². The highest BCUT2D eigenvalue weighted by Crippen LogP contribution is 2.35. The zero-order valence-electron chi connectivity index (χ0n) is 10.7. The fourth-order valence-corrected chi connectivity index (χ4v) is 3.51. The van der Waals surface area contributed by atoms with Crippen LogP contribution in [0.4, 0.5) is 0 Å². The van der Waals surface area contributed by atoms with Gasteiger partial charge in [-0.2, -0.15) is 11.8 Å². The van der Waals surface area contributed by atoms with Crippen LogP contribution in [-0.4, -0.2) is 11.5 Å². The Hall–Kier alpha value is -0.690. The maximum atomic E-state index is 2.42. The lowest BCUT2D eigenvalue weighted by atomic mass is 9.87. The molecule has 2 rings (SSSR count). The highest BCUT2D eigenvalue weighted by Gasteiger charge is 2.22. The number of aryl methyl sites for hydroxylation is 1. The SMILES string of the molecule is C[C@]1(CCSCCc2ccccc2)C=CCC1. The molecule has 1 aliphatic rings. The van der Waals surface area contributed by atoms with Crippen LogP contribution in [0.15, 0.2) is 42.5 Å². The molecule has 0 saturated heterocycles. The summed E-state index contributed by atoms with van der Waals surface area (Å²) >= 11 is 2.10. The van der Waals surface area contributed by atoms with E-state index in [1.54, 1.807) is 0 Å². The van der Waals surface area contributed by atoms with E-state index in [2.05, 4.69) is 61.2 Å². The van der Waals surface area contributed by atoms with Crippen LogP contribution >= 0.6 is 11.8 Å². The molecule has 0 bridgehead atoms. The molecule has 0 amide bonds. The van der Waals surface area contributed by atoms with Gasteiger partial charge in [0.1, 0.15) is 0 Å². The average molecular weight is 246 g/mol. The third-order valence-electron chi connectivity index (χ3n) is 3.60. The first-order valence-corrected chi connectivity index (χ1v) is 7.73. The molecule has 0 N–H and O–H groups in total. The van der Waals surface area contributed by atoms with Crippen molar-refractivity contribution in [2.45, 2.75) is 32.6 Å². The van der Waals surface area contributed by atoms with Crippen molar-refractivity contribution in [3.8, 4) is 0 Å². The Bertz CT molecular complexity index is 355.